The van der Waals surface area contributed by atoms with Crippen molar-refractivity contribution in [3.8, 4) is 29.0 Å². The number of hydrogen-bond acceptors (Lipinski definition) is 6. The molecule has 0 atom stereocenters. The number of aromatic nitrogens is 4. The van der Waals surface area contributed by atoms with Crippen LogP contribution in [0.2, 0.25) is 0 Å². The Morgan fingerprint density at radius 2 is 1.76 bits per heavy atom. The van der Waals surface area contributed by atoms with Crippen molar-refractivity contribution in [2.45, 2.75) is 45.6 Å². The van der Waals surface area contributed by atoms with Crippen LogP contribution in [0.3, 0.4) is 0 Å². The third-order valence-electron chi connectivity index (χ3n) is 6.59. The molecule has 2 aromatic carbocycles. The quantitative estimate of drug-likeness (QED) is 0.312. The minimum Gasteiger partial charge on any atom is -0.366 e. The number of nitrogens with zero attached hydrogens (tertiary/aromatic N) is 6. The molecule has 0 spiro atoms. The standard InChI is InChI=1S/C28H26F3N7/c1-17(2)20-6-4-5-7-21(20)26-34-23-14-38(16-32)13-22(23)25(36-26)33-12-18-8-10-19(11-9-18)27-35-24(15-37(27)3)28(29,30)31/h4-11,15,17H,12-14H2,1-3H3,(H,33,34,36). The van der Waals surface area contributed by atoms with Gasteiger partial charge in [-0.05, 0) is 17.0 Å². The molecule has 2 aromatic heterocycles. The van der Waals surface area contributed by atoms with Crippen LogP contribution in [-0.2, 0) is 32.9 Å². The summed E-state index contributed by atoms with van der Waals surface area (Å²) in [6.45, 7) is 5.55. The summed E-state index contributed by atoms with van der Waals surface area (Å²) < 4.78 is 40.5. The molecular formula is C28H26F3N7. The molecule has 0 amide bonds. The van der Waals surface area contributed by atoms with Gasteiger partial charge in [-0.1, -0.05) is 62.4 Å². The number of anilines is 1. The second kappa shape index (κ2) is 9.82. The van der Waals surface area contributed by atoms with Crippen LogP contribution in [0.25, 0.3) is 22.8 Å². The van der Waals surface area contributed by atoms with Crippen molar-refractivity contribution in [1.82, 2.24) is 24.4 Å². The van der Waals surface area contributed by atoms with Gasteiger partial charge in [-0.2, -0.15) is 18.4 Å². The van der Waals surface area contributed by atoms with Gasteiger partial charge in [-0.15, -0.1) is 0 Å². The van der Waals surface area contributed by atoms with E-state index < -0.39 is 11.9 Å². The zero-order valence-corrected chi connectivity index (χ0v) is 21.2. The summed E-state index contributed by atoms with van der Waals surface area (Å²) in [5, 5.41) is 12.9. The minimum atomic E-state index is -4.49. The van der Waals surface area contributed by atoms with Gasteiger partial charge < -0.3 is 14.8 Å². The average molecular weight is 518 g/mol. The summed E-state index contributed by atoms with van der Waals surface area (Å²) in [5.74, 6) is 1.82. The summed E-state index contributed by atoms with van der Waals surface area (Å²) >= 11 is 0. The normalized spacial score (nSPS) is 13.1. The molecule has 0 fully saturated rings. The van der Waals surface area contributed by atoms with Gasteiger partial charge in [0.2, 0.25) is 0 Å². The number of rotatable bonds is 6. The van der Waals surface area contributed by atoms with E-state index in [0.717, 1.165) is 34.1 Å². The van der Waals surface area contributed by atoms with E-state index in [9.17, 15) is 18.4 Å². The van der Waals surface area contributed by atoms with Gasteiger partial charge in [-0.25, -0.2) is 15.0 Å². The minimum absolute atomic E-state index is 0.246. The van der Waals surface area contributed by atoms with Crippen LogP contribution in [0.1, 0.15) is 47.8 Å². The molecule has 0 saturated heterocycles. The van der Waals surface area contributed by atoms with Gasteiger partial charge in [0.1, 0.15) is 11.6 Å². The number of halogens is 3. The van der Waals surface area contributed by atoms with Crippen LogP contribution < -0.4 is 5.32 Å². The van der Waals surface area contributed by atoms with Crippen molar-refractivity contribution in [3.63, 3.8) is 0 Å². The summed E-state index contributed by atoms with van der Waals surface area (Å²) in [7, 11) is 1.54. The Balaban J connectivity index is 1.41. The van der Waals surface area contributed by atoms with Crippen LogP contribution in [0.4, 0.5) is 19.0 Å². The largest absolute Gasteiger partial charge is 0.434 e. The zero-order valence-electron chi connectivity index (χ0n) is 21.2. The third-order valence-corrected chi connectivity index (χ3v) is 6.59. The lowest BCUT2D eigenvalue weighted by Crippen LogP contribution is -2.09. The molecular weight excluding hydrogens is 491 g/mol. The first-order valence-electron chi connectivity index (χ1n) is 12.2. The van der Waals surface area contributed by atoms with E-state index in [4.69, 9.17) is 9.97 Å². The number of fused-ring (bicyclic) bond motifs is 1. The summed E-state index contributed by atoms with van der Waals surface area (Å²) in [5.41, 5.74) is 4.41. The Labute approximate surface area is 218 Å². The van der Waals surface area contributed by atoms with Crippen molar-refractivity contribution in [1.29, 1.82) is 5.26 Å². The second-order valence-electron chi connectivity index (χ2n) is 9.63. The Hall–Kier alpha value is -4.39. The van der Waals surface area contributed by atoms with Crippen molar-refractivity contribution >= 4 is 5.82 Å². The van der Waals surface area contributed by atoms with Gasteiger partial charge in [0, 0.05) is 36.5 Å². The highest BCUT2D eigenvalue weighted by molar-refractivity contribution is 5.65. The highest BCUT2D eigenvalue weighted by Crippen LogP contribution is 2.33. The predicted molar refractivity (Wildman–Crippen MR) is 137 cm³/mol. The van der Waals surface area contributed by atoms with Crippen molar-refractivity contribution < 1.29 is 13.2 Å². The first-order chi connectivity index (χ1) is 18.1. The maximum Gasteiger partial charge on any atom is 0.434 e. The average Bonchev–Trinajstić information content (AvgIpc) is 3.51. The molecule has 4 aromatic rings. The number of benzene rings is 2. The fourth-order valence-electron chi connectivity index (χ4n) is 4.62. The molecule has 0 aliphatic carbocycles. The smallest absolute Gasteiger partial charge is 0.366 e. The lowest BCUT2D eigenvalue weighted by molar-refractivity contribution is -0.140. The Bertz CT molecular complexity index is 1520. The number of hydrogen-bond donors (Lipinski definition) is 1. The highest BCUT2D eigenvalue weighted by atomic mass is 19.4. The van der Waals surface area contributed by atoms with Gasteiger partial charge in [-0.3, -0.25) is 0 Å². The molecule has 1 aliphatic heterocycles. The third kappa shape index (κ3) is 4.92. The predicted octanol–water partition coefficient (Wildman–Crippen LogP) is 6.10. The molecule has 0 unspecified atom stereocenters. The molecule has 194 valence electrons. The molecule has 0 bridgehead atoms. The van der Waals surface area contributed by atoms with E-state index in [1.165, 1.54) is 4.57 Å². The molecule has 0 saturated carbocycles. The van der Waals surface area contributed by atoms with Crippen LogP contribution in [0.5, 0.6) is 0 Å². The molecule has 1 aliphatic rings. The van der Waals surface area contributed by atoms with E-state index in [0.29, 0.717) is 42.8 Å². The molecule has 0 radical (unpaired) electrons. The van der Waals surface area contributed by atoms with Gasteiger partial charge in [0.05, 0.1) is 18.8 Å². The first-order valence-corrected chi connectivity index (χ1v) is 12.2. The van der Waals surface area contributed by atoms with Crippen LogP contribution in [0.15, 0.2) is 54.7 Å². The highest BCUT2D eigenvalue weighted by Gasteiger charge is 2.34. The number of imidazole rings is 1. The lowest BCUT2D eigenvalue weighted by atomic mass is 9.96. The molecule has 1 N–H and O–H groups in total. The van der Waals surface area contributed by atoms with Crippen LogP contribution in [0, 0.1) is 11.5 Å². The van der Waals surface area contributed by atoms with Gasteiger partial charge in [0.25, 0.3) is 0 Å². The summed E-state index contributed by atoms with van der Waals surface area (Å²) in [6.07, 6.45) is -1.31. The van der Waals surface area contributed by atoms with Crippen LogP contribution >= 0.6 is 0 Å². The lowest BCUT2D eigenvalue weighted by Gasteiger charge is -2.15. The van der Waals surface area contributed by atoms with E-state index in [2.05, 4.69) is 36.4 Å². The van der Waals surface area contributed by atoms with Gasteiger partial charge in [0.15, 0.2) is 17.7 Å². The summed E-state index contributed by atoms with van der Waals surface area (Å²) in [6, 6.07) is 15.3. The molecule has 10 heteroatoms. The topological polar surface area (TPSA) is 82.7 Å². The SMILES string of the molecule is CC(C)c1ccccc1-c1nc2c(c(NCc3ccc(-c4nc(C(F)(F)F)cn4C)cc3)n1)CN(C#N)C2. The van der Waals surface area contributed by atoms with E-state index in [-0.39, 0.29) is 5.82 Å². The van der Waals surface area contributed by atoms with E-state index in [1.54, 1.807) is 24.1 Å². The Kier molecular flexibility index (Phi) is 6.53. The Morgan fingerprint density at radius 3 is 2.42 bits per heavy atom. The number of alkyl halides is 3. The van der Waals surface area contributed by atoms with Crippen LogP contribution in [-0.4, -0.2) is 24.4 Å². The number of nitrogens with one attached hydrogen (secondary N) is 1. The Morgan fingerprint density at radius 1 is 1.03 bits per heavy atom. The molecule has 7 nitrogen and oxygen atoms in total. The zero-order chi connectivity index (χ0) is 27.0. The molecule has 5 rings (SSSR count). The van der Waals surface area contributed by atoms with E-state index >= 15 is 0 Å². The molecule has 38 heavy (non-hydrogen) atoms. The number of nitriles is 1. The fourth-order valence-corrected chi connectivity index (χ4v) is 4.62. The maximum absolute atomic E-state index is 13.0. The summed E-state index contributed by atoms with van der Waals surface area (Å²) in [4.78, 5) is 15.1. The first kappa shape index (κ1) is 25.3. The maximum atomic E-state index is 13.0. The van der Waals surface area contributed by atoms with Crippen molar-refractivity contribution in [2.24, 2.45) is 7.05 Å². The van der Waals surface area contributed by atoms with Gasteiger partial charge >= 0.3 is 6.18 Å². The number of aryl methyl sites for hydroxylation is 1. The monoisotopic (exact) mass is 517 g/mol. The van der Waals surface area contributed by atoms with Crippen molar-refractivity contribution in [2.75, 3.05) is 5.32 Å². The molecule has 3 heterocycles. The fraction of sp³-hybridized carbons (Fsp3) is 0.286. The second-order valence-corrected chi connectivity index (χ2v) is 9.63. The van der Waals surface area contributed by atoms with Crippen molar-refractivity contribution in [3.05, 3.63) is 82.8 Å². The van der Waals surface area contributed by atoms with E-state index in [1.807, 2.05) is 30.3 Å².